The average molecular weight is 327 g/mol. The number of carbonyl (C=O) groups is 1. The number of hydrogen-bond acceptors (Lipinski definition) is 3. The smallest absolute Gasteiger partial charge is 0.251 e. The van der Waals surface area contributed by atoms with Gasteiger partial charge >= 0.3 is 0 Å². The number of halogens is 1. The van der Waals surface area contributed by atoms with Crippen LogP contribution in [-0.2, 0) is 6.54 Å². The zero-order valence-corrected chi connectivity index (χ0v) is 13.6. The summed E-state index contributed by atoms with van der Waals surface area (Å²) in [6.45, 7) is 3.66. The molecular weight excluding hydrogens is 305 g/mol. The maximum Gasteiger partial charge on any atom is 0.251 e. The van der Waals surface area contributed by atoms with Crippen LogP contribution in [0, 0.1) is 11.7 Å². The molecule has 126 valence electrons. The molecule has 1 fully saturated rings. The van der Waals surface area contributed by atoms with Crippen LogP contribution in [0.25, 0.3) is 0 Å². The molecule has 1 aliphatic heterocycles. The Morgan fingerprint density at radius 1 is 1.21 bits per heavy atom. The fourth-order valence-corrected chi connectivity index (χ4v) is 3.06. The number of nitrogens with one attached hydrogen (secondary N) is 1. The van der Waals surface area contributed by atoms with Crippen molar-refractivity contribution < 1.29 is 9.18 Å². The first kappa shape index (κ1) is 16.6. The van der Waals surface area contributed by atoms with Gasteiger partial charge in [-0.1, -0.05) is 6.07 Å². The number of benzene rings is 1. The highest BCUT2D eigenvalue weighted by Gasteiger charge is 2.20. The molecule has 0 bridgehead atoms. The Labute approximate surface area is 141 Å². The maximum absolute atomic E-state index is 13.2. The van der Waals surface area contributed by atoms with Crippen molar-refractivity contribution in [3.63, 3.8) is 0 Å². The molecule has 1 amide bonds. The van der Waals surface area contributed by atoms with Gasteiger partial charge in [0.05, 0.1) is 0 Å². The number of hydrogen-bond donors (Lipinski definition) is 1. The molecule has 1 aliphatic rings. The normalized spacial score (nSPS) is 16.0. The standard InChI is InChI=1S/C19H22FN3O/c20-18-3-1-2-17(12-18)19(24)22-13-15-6-10-23(11-7-15)14-16-4-8-21-9-5-16/h1-5,8-9,12,15H,6-7,10-11,13-14H2,(H,22,24). The summed E-state index contributed by atoms with van der Waals surface area (Å²) in [6, 6.07) is 9.90. The number of amides is 1. The van der Waals surface area contributed by atoms with E-state index >= 15 is 0 Å². The SMILES string of the molecule is O=C(NCC1CCN(Cc2ccncc2)CC1)c1cccc(F)c1. The summed E-state index contributed by atoms with van der Waals surface area (Å²) in [5.41, 5.74) is 1.66. The molecule has 1 N–H and O–H groups in total. The molecule has 0 unspecified atom stereocenters. The second-order valence-corrected chi connectivity index (χ2v) is 6.30. The number of carbonyl (C=O) groups excluding carboxylic acids is 1. The lowest BCUT2D eigenvalue weighted by Crippen LogP contribution is -2.38. The molecule has 24 heavy (non-hydrogen) atoms. The van der Waals surface area contributed by atoms with Crippen molar-refractivity contribution in [1.29, 1.82) is 0 Å². The van der Waals surface area contributed by atoms with E-state index in [-0.39, 0.29) is 11.7 Å². The van der Waals surface area contributed by atoms with Gasteiger partial charge in [-0.05, 0) is 67.7 Å². The summed E-state index contributed by atoms with van der Waals surface area (Å²) in [6.07, 6.45) is 5.77. The second kappa shape index (κ2) is 8.02. The summed E-state index contributed by atoms with van der Waals surface area (Å²) in [4.78, 5) is 18.5. The van der Waals surface area contributed by atoms with E-state index in [9.17, 15) is 9.18 Å². The summed E-state index contributed by atoms with van der Waals surface area (Å²) < 4.78 is 13.2. The van der Waals surface area contributed by atoms with Crippen molar-refractivity contribution in [3.05, 3.63) is 65.7 Å². The molecule has 5 heteroatoms. The highest BCUT2D eigenvalue weighted by molar-refractivity contribution is 5.94. The fourth-order valence-electron chi connectivity index (χ4n) is 3.06. The molecule has 1 saturated heterocycles. The topological polar surface area (TPSA) is 45.2 Å². The second-order valence-electron chi connectivity index (χ2n) is 6.30. The molecule has 1 aromatic heterocycles. The Kier molecular flexibility index (Phi) is 5.54. The molecule has 1 aromatic carbocycles. The summed E-state index contributed by atoms with van der Waals surface area (Å²) in [5, 5.41) is 2.93. The van der Waals surface area contributed by atoms with Gasteiger partial charge < -0.3 is 5.32 Å². The molecule has 0 saturated carbocycles. The van der Waals surface area contributed by atoms with Crippen LogP contribution in [0.1, 0.15) is 28.8 Å². The van der Waals surface area contributed by atoms with Crippen molar-refractivity contribution in [2.45, 2.75) is 19.4 Å². The van der Waals surface area contributed by atoms with E-state index in [1.54, 1.807) is 12.1 Å². The molecule has 0 aliphatic carbocycles. The zero-order chi connectivity index (χ0) is 16.8. The van der Waals surface area contributed by atoms with Crippen molar-refractivity contribution in [1.82, 2.24) is 15.2 Å². The predicted octanol–water partition coefficient (Wildman–Crippen LogP) is 2.86. The number of rotatable bonds is 5. The molecule has 0 radical (unpaired) electrons. The van der Waals surface area contributed by atoms with Crippen molar-refractivity contribution >= 4 is 5.91 Å². The third kappa shape index (κ3) is 4.61. The van der Waals surface area contributed by atoms with Crippen molar-refractivity contribution in [3.8, 4) is 0 Å². The van der Waals surface area contributed by atoms with Gasteiger partial charge in [-0.3, -0.25) is 14.7 Å². The molecule has 2 aromatic rings. The minimum Gasteiger partial charge on any atom is -0.352 e. The Hall–Kier alpha value is -2.27. The minimum atomic E-state index is -0.382. The summed E-state index contributed by atoms with van der Waals surface area (Å²) in [5.74, 6) is -0.100. The van der Waals surface area contributed by atoms with Crippen molar-refractivity contribution in [2.75, 3.05) is 19.6 Å². The van der Waals surface area contributed by atoms with Crippen LogP contribution < -0.4 is 5.32 Å². The number of aromatic nitrogens is 1. The van der Waals surface area contributed by atoms with Gasteiger partial charge in [0.15, 0.2) is 0 Å². The van der Waals surface area contributed by atoms with Crippen LogP contribution in [0.3, 0.4) is 0 Å². The Morgan fingerprint density at radius 2 is 1.96 bits per heavy atom. The lowest BCUT2D eigenvalue weighted by atomic mass is 9.96. The Balaban J connectivity index is 1.42. The average Bonchev–Trinajstić information content (AvgIpc) is 2.62. The number of pyridine rings is 1. The van der Waals surface area contributed by atoms with Gasteiger partial charge in [-0.2, -0.15) is 0 Å². The van der Waals surface area contributed by atoms with Crippen LogP contribution in [0.4, 0.5) is 4.39 Å². The molecule has 0 spiro atoms. The summed E-state index contributed by atoms with van der Waals surface area (Å²) >= 11 is 0. The van der Waals surface area contributed by atoms with Gasteiger partial charge in [0.2, 0.25) is 0 Å². The van der Waals surface area contributed by atoms with E-state index in [4.69, 9.17) is 0 Å². The number of nitrogens with zero attached hydrogens (tertiary/aromatic N) is 2. The van der Waals surface area contributed by atoms with Crippen molar-refractivity contribution in [2.24, 2.45) is 5.92 Å². The highest BCUT2D eigenvalue weighted by atomic mass is 19.1. The van der Waals surface area contributed by atoms with Gasteiger partial charge in [-0.25, -0.2) is 4.39 Å². The maximum atomic E-state index is 13.2. The highest BCUT2D eigenvalue weighted by Crippen LogP contribution is 2.18. The zero-order valence-electron chi connectivity index (χ0n) is 13.6. The quantitative estimate of drug-likeness (QED) is 0.918. The Morgan fingerprint density at radius 3 is 2.67 bits per heavy atom. The predicted molar refractivity (Wildman–Crippen MR) is 91.0 cm³/mol. The van der Waals surface area contributed by atoms with Gasteiger partial charge in [0, 0.05) is 31.0 Å². The minimum absolute atomic E-state index is 0.200. The number of piperidine rings is 1. The molecule has 4 nitrogen and oxygen atoms in total. The van der Waals surface area contributed by atoms with Crippen LogP contribution in [0.5, 0.6) is 0 Å². The lowest BCUT2D eigenvalue weighted by molar-refractivity contribution is 0.0935. The monoisotopic (exact) mass is 327 g/mol. The fraction of sp³-hybridized carbons (Fsp3) is 0.368. The van der Waals surface area contributed by atoms with E-state index in [1.807, 2.05) is 24.5 Å². The summed E-state index contributed by atoms with van der Waals surface area (Å²) in [7, 11) is 0. The first-order valence-corrected chi connectivity index (χ1v) is 8.36. The van der Waals surface area contributed by atoms with E-state index in [2.05, 4.69) is 15.2 Å². The third-order valence-electron chi connectivity index (χ3n) is 4.50. The Bertz CT molecular complexity index is 669. The van der Waals surface area contributed by atoms with E-state index in [0.29, 0.717) is 18.0 Å². The third-order valence-corrected chi connectivity index (χ3v) is 4.50. The van der Waals surface area contributed by atoms with E-state index in [0.717, 1.165) is 32.5 Å². The van der Waals surface area contributed by atoms with Crippen LogP contribution in [0.2, 0.25) is 0 Å². The van der Waals surface area contributed by atoms with Gasteiger partial charge in [0.1, 0.15) is 5.82 Å². The van der Waals surface area contributed by atoms with Crippen LogP contribution in [0.15, 0.2) is 48.8 Å². The van der Waals surface area contributed by atoms with Gasteiger partial charge in [-0.15, -0.1) is 0 Å². The molecule has 2 heterocycles. The molecule has 0 atom stereocenters. The first-order valence-electron chi connectivity index (χ1n) is 8.36. The first-order chi connectivity index (χ1) is 11.7. The lowest BCUT2D eigenvalue weighted by Gasteiger charge is -2.32. The van der Waals surface area contributed by atoms with Crippen LogP contribution in [-0.4, -0.2) is 35.4 Å². The number of likely N-dealkylation sites (tertiary alicyclic amines) is 1. The van der Waals surface area contributed by atoms with Gasteiger partial charge in [0.25, 0.3) is 5.91 Å². The van der Waals surface area contributed by atoms with E-state index < -0.39 is 0 Å². The van der Waals surface area contributed by atoms with E-state index in [1.165, 1.54) is 17.7 Å². The largest absolute Gasteiger partial charge is 0.352 e. The molecular formula is C19H22FN3O. The van der Waals surface area contributed by atoms with Crippen LogP contribution >= 0.6 is 0 Å². The molecule has 3 rings (SSSR count).